The van der Waals surface area contributed by atoms with Gasteiger partial charge in [-0.05, 0) is 13.8 Å². The number of ether oxygens (including phenoxy) is 2. The number of rotatable bonds is 8. The van der Waals surface area contributed by atoms with E-state index in [1.807, 2.05) is 13.8 Å². The highest BCUT2D eigenvalue weighted by molar-refractivity contribution is 7.47. The van der Waals surface area contributed by atoms with Crippen molar-refractivity contribution in [3.8, 4) is 0 Å². The van der Waals surface area contributed by atoms with E-state index in [1.165, 1.54) is 0 Å². The van der Waals surface area contributed by atoms with Crippen LogP contribution in [0.2, 0.25) is 0 Å². The van der Waals surface area contributed by atoms with E-state index in [0.29, 0.717) is 39.6 Å². The summed E-state index contributed by atoms with van der Waals surface area (Å²) < 4.78 is 34.0. The van der Waals surface area contributed by atoms with E-state index in [2.05, 4.69) is 0 Å². The fourth-order valence-electron chi connectivity index (χ4n) is 1.99. The second kappa shape index (κ2) is 9.69. The second-order valence-electron chi connectivity index (χ2n) is 5.10. The third-order valence-electron chi connectivity index (χ3n) is 3.30. The lowest BCUT2D eigenvalue weighted by Crippen LogP contribution is -2.45. The zero-order valence-electron chi connectivity index (χ0n) is 12.9. The van der Waals surface area contributed by atoms with Crippen LogP contribution >= 0.6 is 16.8 Å². The van der Waals surface area contributed by atoms with E-state index in [-0.39, 0.29) is 5.41 Å². The van der Waals surface area contributed by atoms with Crippen LogP contribution in [0.5, 0.6) is 0 Å². The number of hydrogen-bond acceptors (Lipinski definition) is 6. The molecule has 124 valence electrons. The monoisotopic (exact) mass is 340 g/mol. The summed E-state index contributed by atoms with van der Waals surface area (Å²) in [4.78, 5) is 0. The Bertz CT molecular complexity index is 246. The lowest BCUT2D eigenvalue weighted by molar-refractivity contribution is -0.0540. The molecule has 6 nitrogen and oxygen atoms in total. The van der Waals surface area contributed by atoms with Gasteiger partial charge in [-0.2, -0.15) is 0 Å². The third kappa shape index (κ3) is 5.96. The highest BCUT2D eigenvalue weighted by Gasteiger charge is 2.42. The Morgan fingerprint density at radius 2 is 1.14 bits per heavy atom. The van der Waals surface area contributed by atoms with E-state index in [9.17, 15) is 0 Å². The molecule has 0 N–H and O–H groups in total. The summed E-state index contributed by atoms with van der Waals surface area (Å²) in [6.45, 7) is 9.46. The molecule has 21 heavy (non-hydrogen) atoms. The maximum atomic E-state index is 5.84. The van der Waals surface area contributed by atoms with Crippen molar-refractivity contribution in [2.45, 2.75) is 13.8 Å². The van der Waals surface area contributed by atoms with Crippen molar-refractivity contribution < 1.29 is 27.6 Å². The van der Waals surface area contributed by atoms with Crippen molar-refractivity contribution in [2.24, 2.45) is 5.41 Å². The molecule has 8 heteroatoms. The normalized spacial score (nSPS) is 33.4. The van der Waals surface area contributed by atoms with Gasteiger partial charge in [0.25, 0.3) is 0 Å². The SMILES string of the molecule is CCOCCP1OCC2(CO1)COP(CCOCC)OC2. The summed E-state index contributed by atoms with van der Waals surface area (Å²) in [5.74, 6) is 0. The van der Waals surface area contributed by atoms with Crippen LogP contribution in [0.4, 0.5) is 0 Å². The van der Waals surface area contributed by atoms with Gasteiger partial charge in [-0.3, -0.25) is 0 Å². The molecule has 2 saturated heterocycles. The lowest BCUT2D eigenvalue weighted by atomic mass is 9.93. The van der Waals surface area contributed by atoms with E-state index < -0.39 is 16.8 Å². The van der Waals surface area contributed by atoms with Crippen molar-refractivity contribution in [1.82, 2.24) is 0 Å². The van der Waals surface area contributed by atoms with Gasteiger partial charge in [0.05, 0.1) is 45.1 Å². The Kier molecular flexibility index (Phi) is 8.29. The first kappa shape index (κ1) is 18.0. The van der Waals surface area contributed by atoms with E-state index in [4.69, 9.17) is 27.6 Å². The molecule has 0 amide bonds. The molecule has 2 aliphatic rings. The first-order chi connectivity index (χ1) is 10.3. The molecule has 0 atom stereocenters. The zero-order chi connectivity index (χ0) is 15.0. The molecule has 0 aromatic heterocycles. The summed E-state index contributed by atoms with van der Waals surface area (Å²) in [6.07, 6.45) is 1.67. The Morgan fingerprint density at radius 3 is 1.48 bits per heavy atom. The largest absolute Gasteiger partial charge is 0.381 e. The van der Waals surface area contributed by atoms with Crippen LogP contribution in [0, 0.1) is 5.41 Å². The van der Waals surface area contributed by atoms with E-state index in [1.54, 1.807) is 0 Å². The molecule has 2 heterocycles. The van der Waals surface area contributed by atoms with Crippen LogP contribution in [-0.4, -0.2) is 65.2 Å². The molecule has 0 bridgehead atoms. The van der Waals surface area contributed by atoms with Crippen molar-refractivity contribution in [2.75, 3.05) is 65.2 Å². The van der Waals surface area contributed by atoms with Crippen LogP contribution in [0.1, 0.15) is 13.8 Å². The highest BCUT2D eigenvalue weighted by atomic mass is 31.2. The predicted octanol–water partition coefficient (Wildman–Crippen LogP) is 2.76. The average Bonchev–Trinajstić information content (AvgIpc) is 2.52. The minimum atomic E-state index is -0.808. The molecular weight excluding hydrogens is 314 g/mol. The predicted molar refractivity (Wildman–Crippen MR) is 82.8 cm³/mol. The first-order valence-corrected chi connectivity index (χ1v) is 10.2. The molecule has 0 saturated carbocycles. The third-order valence-corrected chi connectivity index (χ3v) is 6.07. The van der Waals surface area contributed by atoms with E-state index >= 15 is 0 Å². The standard InChI is InChI=1S/C13H26O6P2/c1-3-14-5-7-20-16-9-13(10-17-20)11-18-21(19-12-13)8-6-15-4-2/h3-12H2,1-2H3. The molecule has 2 rings (SSSR count). The first-order valence-electron chi connectivity index (χ1n) is 7.50. The van der Waals surface area contributed by atoms with Gasteiger partial charge < -0.3 is 27.6 Å². The minimum Gasteiger partial charge on any atom is -0.381 e. The van der Waals surface area contributed by atoms with Crippen LogP contribution in [0.25, 0.3) is 0 Å². The highest BCUT2D eigenvalue weighted by Crippen LogP contribution is 2.51. The van der Waals surface area contributed by atoms with Gasteiger partial charge in [0.1, 0.15) is 0 Å². The van der Waals surface area contributed by atoms with Crippen LogP contribution < -0.4 is 0 Å². The molecule has 0 unspecified atom stereocenters. The van der Waals surface area contributed by atoms with Gasteiger partial charge in [-0.25, -0.2) is 0 Å². The Hall–Kier alpha value is 0.620. The molecular formula is C13H26O6P2. The van der Waals surface area contributed by atoms with Gasteiger partial charge in [0.2, 0.25) is 0 Å². The summed E-state index contributed by atoms with van der Waals surface area (Å²) >= 11 is 0. The summed E-state index contributed by atoms with van der Waals surface area (Å²) in [5.41, 5.74) is -0.130. The molecule has 2 fully saturated rings. The molecule has 0 aliphatic carbocycles. The van der Waals surface area contributed by atoms with Gasteiger partial charge in [0, 0.05) is 25.5 Å². The van der Waals surface area contributed by atoms with Gasteiger partial charge in [0.15, 0.2) is 16.8 Å². The topological polar surface area (TPSA) is 55.4 Å². The second-order valence-corrected chi connectivity index (χ2v) is 8.36. The Morgan fingerprint density at radius 1 is 0.762 bits per heavy atom. The average molecular weight is 340 g/mol. The molecule has 0 radical (unpaired) electrons. The Balaban J connectivity index is 1.63. The Labute approximate surface area is 129 Å². The van der Waals surface area contributed by atoms with Gasteiger partial charge in [-0.15, -0.1) is 0 Å². The van der Waals surface area contributed by atoms with Crippen LogP contribution in [0.3, 0.4) is 0 Å². The molecule has 2 aliphatic heterocycles. The van der Waals surface area contributed by atoms with Crippen molar-refractivity contribution in [1.29, 1.82) is 0 Å². The quantitative estimate of drug-likeness (QED) is 0.500. The smallest absolute Gasteiger partial charge is 0.172 e. The maximum absolute atomic E-state index is 5.84. The minimum absolute atomic E-state index is 0.130. The van der Waals surface area contributed by atoms with Crippen LogP contribution in [-0.2, 0) is 27.6 Å². The fourth-order valence-corrected chi connectivity index (χ4v) is 4.88. The lowest BCUT2D eigenvalue weighted by Gasteiger charge is -2.42. The summed E-state index contributed by atoms with van der Waals surface area (Å²) in [5, 5.41) is 0. The summed E-state index contributed by atoms with van der Waals surface area (Å²) in [6, 6.07) is 0. The molecule has 0 aromatic carbocycles. The van der Waals surface area contributed by atoms with Crippen molar-refractivity contribution in [3.63, 3.8) is 0 Å². The molecule has 0 aromatic rings. The van der Waals surface area contributed by atoms with Gasteiger partial charge in [-0.1, -0.05) is 0 Å². The zero-order valence-corrected chi connectivity index (χ0v) is 14.7. The van der Waals surface area contributed by atoms with Crippen molar-refractivity contribution in [3.05, 3.63) is 0 Å². The van der Waals surface area contributed by atoms with E-state index in [0.717, 1.165) is 25.5 Å². The molecule has 1 spiro atoms. The summed E-state index contributed by atoms with van der Waals surface area (Å²) in [7, 11) is -1.62. The van der Waals surface area contributed by atoms with Crippen molar-refractivity contribution >= 4 is 16.8 Å². The fraction of sp³-hybridized carbons (Fsp3) is 1.00. The number of hydrogen-bond donors (Lipinski definition) is 0. The maximum Gasteiger partial charge on any atom is 0.172 e. The van der Waals surface area contributed by atoms with Gasteiger partial charge >= 0.3 is 0 Å². The van der Waals surface area contributed by atoms with Crippen LogP contribution in [0.15, 0.2) is 0 Å².